The van der Waals surface area contributed by atoms with Crippen LogP contribution in [-0.2, 0) is 0 Å². The van der Waals surface area contributed by atoms with Crippen LogP contribution in [0.2, 0.25) is 0 Å². The van der Waals surface area contributed by atoms with Crippen molar-refractivity contribution in [2.45, 2.75) is 33.7 Å². The van der Waals surface area contributed by atoms with Crippen LogP contribution in [0.3, 0.4) is 0 Å². The van der Waals surface area contributed by atoms with Crippen molar-refractivity contribution in [3.8, 4) is 5.75 Å². The molecule has 1 N–H and O–H groups in total. The molecule has 24 heavy (non-hydrogen) atoms. The predicted octanol–water partition coefficient (Wildman–Crippen LogP) is 3.68. The molecule has 1 aromatic heterocycles. The summed E-state index contributed by atoms with van der Waals surface area (Å²) in [5, 5.41) is 0. The first kappa shape index (κ1) is 17.8. The number of methoxy groups -OCH3 is 1. The highest BCUT2D eigenvalue weighted by atomic mass is 16.5. The highest BCUT2D eigenvalue weighted by molar-refractivity contribution is 6.02. The minimum absolute atomic E-state index is 0.0410. The van der Waals surface area contributed by atoms with Gasteiger partial charge < -0.3 is 14.6 Å². The van der Waals surface area contributed by atoms with Crippen LogP contribution in [0, 0.1) is 13.8 Å². The third kappa shape index (κ3) is 3.07. The molecule has 128 valence electrons. The number of ketones is 1. The molecule has 0 spiro atoms. The largest absolute Gasteiger partial charge is 0.496 e. The molecule has 1 unspecified atom stereocenters. The quantitative estimate of drug-likeness (QED) is 0.852. The number of hydrogen-bond donors (Lipinski definition) is 1. The van der Waals surface area contributed by atoms with E-state index in [1.54, 1.807) is 26.0 Å². The SMILES string of the molecule is COc1ccccc1C(C)N(C)C(=O)c1[nH]c(C)c(C(C)=O)c1C. The average Bonchev–Trinajstić information content (AvgIpc) is 2.87. The van der Waals surface area contributed by atoms with Gasteiger partial charge in [0.1, 0.15) is 11.4 Å². The molecule has 0 fully saturated rings. The van der Waals surface area contributed by atoms with Gasteiger partial charge in [-0.15, -0.1) is 0 Å². The number of aromatic nitrogens is 1. The van der Waals surface area contributed by atoms with Crippen LogP contribution in [0.25, 0.3) is 0 Å². The van der Waals surface area contributed by atoms with Gasteiger partial charge in [-0.3, -0.25) is 9.59 Å². The molecule has 0 saturated carbocycles. The standard InChI is InChI=1S/C19H24N2O3/c1-11-17(14(4)22)12(2)20-18(11)19(23)21(5)13(3)15-9-7-8-10-16(15)24-6/h7-10,13,20H,1-6H3. The smallest absolute Gasteiger partial charge is 0.270 e. The summed E-state index contributed by atoms with van der Waals surface area (Å²) < 4.78 is 5.39. The highest BCUT2D eigenvalue weighted by Gasteiger charge is 2.26. The first-order valence-corrected chi connectivity index (χ1v) is 7.89. The number of rotatable bonds is 5. The van der Waals surface area contributed by atoms with Crippen molar-refractivity contribution in [1.82, 2.24) is 9.88 Å². The second-order valence-electron chi connectivity index (χ2n) is 6.02. The van der Waals surface area contributed by atoms with Crippen LogP contribution in [0.4, 0.5) is 0 Å². The molecule has 0 aliphatic carbocycles. The number of aryl methyl sites for hydroxylation is 1. The fourth-order valence-electron chi connectivity index (χ4n) is 3.06. The summed E-state index contributed by atoms with van der Waals surface area (Å²) in [6.07, 6.45) is 0. The van der Waals surface area contributed by atoms with Crippen LogP contribution in [0.5, 0.6) is 5.75 Å². The number of carbonyl (C=O) groups excluding carboxylic acids is 2. The van der Waals surface area contributed by atoms with Crippen molar-refractivity contribution in [2.75, 3.05) is 14.2 Å². The Morgan fingerprint density at radius 1 is 1.21 bits per heavy atom. The van der Waals surface area contributed by atoms with Gasteiger partial charge in [-0.2, -0.15) is 0 Å². The van der Waals surface area contributed by atoms with Gasteiger partial charge >= 0.3 is 0 Å². The third-order valence-electron chi connectivity index (χ3n) is 4.49. The summed E-state index contributed by atoms with van der Waals surface area (Å²) in [7, 11) is 3.37. The van der Waals surface area contributed by atoms with Crippen molar-refractivity contribution in [1.29, 1.82) is 0 Å². The lowest BCUT2D eigenvalue weighted by Gasteiger charge is -2.26. The first-order chi connectivity index (χ1) is 11.3. The fourth-order valence-corrected chi connectivity index (χ4v) is 3.06. The number of para-hydroxylation sites is 1. The number of hydrogen-bond acceptors (Lipinski definition) is 3. The van der Waals surface area contributed by atoms with E-state index in [4.69, 9.17) is 4.74 Å². The van der Waals surface area contributed by atoms with Gasteiger partial charge in [0.2, 0.25) is 0 Å². The maximum Gasteiger partial charge on any atom is 0.270 e. The Morgan fingerprint density at radius 2 is 1.83 bits per heavy atom. The monoisotopic (exact) mass is 328 g/mol. The molecule has 0 bridgehead atoms. The van der Waals surface area contributed by atoms with E-state index in [2.05, 4.69) is 4.98 Å². The van der Waals surface area contributed by atoms with E-state index in [0.717, 1.165) is 17.0 Å². The zero-order chi connectivity index (χ0) is 18.0. The van der Waals surface area contributed by atoms with Crippen LogP contribution >= 0.6 is 0 Å². The third-order valence-corrected chi connectivity index (χ3v) is 4.49. The summed E-state index contributed by atoms with van der Waals surface area (Å²) >= 11 is 0. The number of nitrogens with zero attached hydrogens (tertiary/aromatic N) is 1. The first-order valence-electron chi connectivity index (χ1n) is 7.89. The molecule has 5 heteroatoms. The van der Waals surface area contributed by atoms with Gasteiger partial charge in [0.05, 0.1) is 13.2 Å². The molecule has 5 nitrogen and oxygen atoms in total. The number of aromatic amines is 1. The minimum atomic E-state index is -0.169. The van der Waals surface area contributed by atoms with Gasteiger partial charge in [0.15, 0.2) is 5.78 Å². The van der Waals surface area contributed by atoms with Crippen molar-refractivity contribution >= 4 is 11.7 Å². The topological polar surface area (TPSA) is 62.4 Å². The number of H-pyrrole nitrogens is 1. The lowest BCUT2D eigenvalue weighted by Crippen LogP contribution is -2.30. The molecule has 0 radical (unpaired) electrons. The molecule has 2 aromatic rings. The number of carbonyl (C=O) groups is 2. The van der Waals surface area contributed by atoms with Crippen LogP contribution in [-0.4, -0.2) is 35.7 Å². The van der Waals surface area contributed by atoms with Gasteiger partial charge in [0.25, 0.3) is 5.91 Å². The zero-order valence-corrected chi connectivity index (χ0v) is 15.1. The molecule has 0 aliphatic heterocycles. The Labute approximate surface area is 142 Å². The maximum absolute atomic E-state index is 12.9. The Kier molecular flexibility index (Phi) is 5.12. The Bertz CT molecular complexity index is 777. The number of ether oxygens (including phenoxy) is 1. The number of amides is 1. The average molecular weight is 328 g/mol. The molecule has 2 rings (SSSR count). The summed E-state index contributed by atoms with van der Waals surface area (Å²) in [6, 6.07) is 7.47. The molecule has 1 atom stereocenters. The number of nitrogens with one attached hydrogen (secondary N) is 1. The molecule has 1 aromatic carbocycles. The van der Waals surface area contributed by atoms with E-state index in [9.17, 15) is 9.59 Å². The van der Waals surface area contributed by atoms with E-state index >= 15 is 0 Å². The molecule has 0 saturated heterocycles. The Hall–Kier alpha value is -2.56. The van der Waals surface area contributed by atoms with Gasteiger partial charge in [0, 0.05) is 23.9 Å². The van der Waals surface area contributed by atoms with E-state index in [1.807, 2.05) is 38.1 Å². The molecular weight excluding hydrogens is 304 g/mol. The van der Waals surface area contributed by atoms with Crippen molar-refractivity contribution < 1.29 is 14.3 Å². The second-order valence-corrected chi connectivity index (χ2v) is 6.02. The normalized spacial score (nSPS) is 11.9. The maximum atomic E-state index is 12.9. The summed E-state index contributed by atoms with van der Waals surface area (Å²) in [5.74, 6) is 0.552. The predicted molar refractivity (Wildman–Crippen MR) is 93.8 cm³/mol. The van der Waals surface area contributed by atoms with Crippen LogP contribution in [0.15, 0.2) is 24.3 Å². The highest BCUT2D eigenvalue weighted by Crippen LogP contribution is 2.29. The summed E-state index contributed by atoms with van der Waals surface area (Å²) in [4.78, 5) is 29.4. The summed E-state index contributed by atoms with van der Waals surface area (Å²) in [5.41, 5.74) is 3.41. The second kappa shape index (κ2) is 6.91. The molecular formula is C19H24N2O3. The van der Waals surface area contributed by atoms with Gasteiger partial charge in [-0.1, -0.05) is 18.2 Å². The van der Waals surface area contributed by atoms with E-state index in [1.165, 1.54) is 6.92 Å². The van der Waals surface area contributed by atoms with Crippen LogP contribution in [0.1, 0.15) is 57.6 Å². The van der Waals surface area contributed by atoms with E-state index in [-0.39, 0.29) is 17.7 Å². The van der Waals surface area contributed by atoms with Gasteiger partial charge in [-0.05, 0) is 39.3 Å². The summed E-state index contributed by atoms with van der Waals surface area (Å²) in [6.45, 7) is 7.07. The zero-order valence-electron chi connectivity index (χ0n) is 15.1. The number of Topliss-reactive ketones (excluding diaryl/α,β-unsaturated/α-hetero) is 1. The van der Waals surface area contributed by atoms with Crippen LogP contribution < -0.4 is 4.74 Å². The lowest BCUT2D eigenvalue weighted by atomic mass is 10.0. The van der Waals surface area contributed by atoms with E-state index < -0.39 is 0 Å². The molecule has 0 aliphatic rings. The minimum Gasteiger partial charge on any atom is -0.496 e. The Balaban J connectivity index is 2.36. The van der Waals surface area contributed by atoms with E-state index in [0.29, 0.717) is 16.8 Å². The number of benzene rings is 1. The molecule has 1 amide bonds. The molecule has 1 heterocycles. The lowest BCUT2D eigenvalue weighted by molar-refractivity contribution is 0.0735. The van der Waals surface area contributed by atoms with Crippen molar-refractivity contribution in [2.24, 2.45) is 0 Å². The fraction of sp³-hybridized carbons (Fsp3) is 0.368. The van der Waals surface area contributed by atoms with Gasteiger partial charge in [-0.25, -0.2) is 0 Å². The van der Waals surface area contributed by atoms with Crippen molar-refractivity contribution in [3.63, 3.8) is 0 Å². The Morgan fingerprint density at radius 3 is 2.38 bits per heavy atom. The van der Waals surface area contributed by atoms with Crippen molar-refractivity contribution in [3.05, 3.63) is 52.3 Å².